The van der Waals surface area contributed by atoms with Crippen molar-refractivity contribution in [3.63, 3.8) is 0 Å². The lowest BCUT2D eigenvalue weighted by molar-refractivity contribution is 0.0694. The molecule has 11 heteroatoms. The predicted molar refractivity (Wildman–Crippen MR) is 84.0 cm³/mol. The Morgan fingerprint density at radius 3 is 2.33 bits per heavy atom. The van der Waals surface area contributed by atoms with Crippen molar-refractivity contribution in [2.24, 2.45) is 0 Å². The highest BCUT2D eigenvalue weighted by molar-refractivity contribution is 7.92. The van der Waals surface area contributed by atoms with E-state index in [-0.39, 0.29) is 5.02 Å². The van der Waals surface area contributed by atoms with Gasteiger partial charge in [0.15, 0.2) is 5.75 Å². The molecule has 0 aliphatic heterocycles. The largest absolute Gasteiger partial charge is 0.506 e. The van der Waals surface area contributed by atoms with E-state index < -0.39 is 54.5 Å². The maximum Gasteiger partial charge on any atom is 0.339 e. The van der Waals surface area contributed by atoms with Gasteiger partial charge in [0.05, 0.1) is 10.7 Å². The van der Waals surface area contributed by atoms with Gasteiger partial charge in [-0.2, -0.15) is 0 Å². The Morgan fingerprint density at radius 2 is 1.75 bits per heavy atom. The summed E-state index contributed by atoms with van der Waals surface area (Å²) in [6.45, 7) is 0. The minimum Gasteiger partial charge on any atom is -0.506 e. The zero-order chi connectivity index (χ0) is 18.2. The van der Waals surface area contributed by atoms with E-state index in [4.69, 9.17) is 28.3 Å². The normalized spacial score (nSPS) is 11.3. The molecule has 0 amide bonds. The van der Waals surface area contributed by atoms with Crippen molar-refractivity contribution in [2.75, 3.05) is 4.72 Å². The van der Waals surface area contributed by atoms with Crippen molar-refractivity contribution in [1.29, 1.82) is 0 Å². The number of benzene rings is 2. The molecule has 0 radical (unpaired) electrons. The third-order valence-corrected chi connectivity index (χ3v) is 4.74. The van der Waals surface area contributed by atoms with Crippen molar-refractivity contribution in [3.05, 3.63) is 45.7 Å². The standard InChI is InChI=1S/C13H8Cl2FNO6S/c14-5-1-6(13(20)21)12(19)9(2-5)17-24(22,23)11-3-7(15)8(16)4-10(11)18/h1-4,17-19H,(H,20,21). The number of sulfonamides is 1. The molecule has 128 valence electrons. The number of carboxylic acid groups (broad SMARTS) is 1. The number of rotatable bonds is 4. The smallest absolute Gasteiger partial charge is 0.339 e. The van der Waals surface area contributed by atoms with Gasteiger partial charge in [-0.05, 0) is 18.2 Å². The Labute approximate surface area is 144 Å². The third-order valence-electron chi connectivity index (χ3n) is 2.84. The molecule has 2 rings (SSSR count). The minimum absolute atomic E-state index is 0.163. The monoisotopic (exact) mass is 395 g/mol. The van der Waals surface area contributed by atoms with Crippen molar-refractivity contribution in [1.82, 2.24) is 0 Å². The van der Waals surface area contributed by atoms with Gasteiger partial charge in [-0.25, -0.2) is 17.6 Å². The number of carbonyl (C=O) groups is 1. The first kappa shape index (κ1) is 18.1. The van der Waals surface area contributed by atoms with Gasteiger partial charge in [0.25, 0.3) is 10.0 Å². The van der Waals surface area contributed by atoms with Gasteiger partial charge in [-0.1, -0.05) is 23.2 Å². The van der Waals surface area contributed by atoms with Crippen LogP contribution in [0.15, 0.2) is 29.2 Å². The van der Waals surface area contributed by atoms with Gasteiger partial charge in [0.2, 0.25) is 0 Å². The fourth-order valence-electron chi connectivity index (χ4n) is 1.77. The zero-order valence-electron chi connectivity index (χ0n) is 11.4. The molecule has 0 aromatic heterocycles. The second-order valence-electron chi connectivity index (χ2n) is 4.49. The van der Waals surface area contributed by atoms with Crippen LogP contribution in [0.1, 0.15) is 10.4 Å². The molecule has 0 atom stereocenters. The van der Waals surface area contributed by atoms with Crippen molar-refractivity contribution < 1.29 is 32.9 Å². The summed E-state index contributed by atoms with van der Waals surface area (Å²) >= 11 is 11.2. The lowest BCUT2D eigenvalue weighted by Crippen LogP contribution is -2.14. The van der Waals surface area contributed by atoms with Crippen LogP contribution in [-0.2, 0) is 10.0 Å². The number of phenolic OH excluding ortho intramolecular Hbond substituents is 1. The minimum atomic E-state index is -4.53. The predicted octanol–water partition coefficient (Wildman–Crippen LogP) is 3.04. The molecule has 0 saturated carbocycles. The van der Waals surface area contributed by atoms with E-state index in [1.165, 1.54) is 0 Å². The summed E-state index contributed by atoms with van der Waals surface area (Å²) in [5.74, 6) is -4.39. The van der Waals surface area contributed by atoms with Crippen LogP contribution < -0.4 is 4.72 Å². The molecule has 0 aliphatic rings. The van der Waals surface area contributed by atoms with E-state index in [9.17, 15) is 27.8 Å². The van der Waals surface area contributed by atoms with E-state index in [1.54, 1.807) is 0 Å². The number of hydrogen-bond donors (Lipinski definition) is 4. The van der Waals surface area contributed by atoms with Gasteiger partial charge < -0.3 is 15.3 Å². The summed E-state index contributed by atoms with van der Waals surface area (Å²) in [5.41, 5.74) is -1.18. The van der Waals surface area contributed by atoms with Gasteiger partial charge >= 0.3 is 5.97 Å². The molecule has 0 fully saturated rings. The number of phenols is 2. The molecule has 24 heavy (non-hydrogen) atoms. The van der Waals surface area contributed by atoms with Crippen LogP contribution in [0.25, 0.3) is 0 Å². The van der Waals surface area contributed by atoms with Crippen molar-refractivity contribution in [3.8, 4) is 11.5 Å². The Hall–Kier alpha value is -2.23. The molecule has 0 spiro atoms. The lowest BCUT2D eigenvalue weighted by atomic mass is 10.2. The van der Waals surface area contributed by atoms with Crippen LogP contribution in [0, 0.1) is 5.82 Å². The van der Waals surface area contributed by atoms with Crippen LogP contribution in [0.4, 0.5) is 10.1 Å². The maximum atomic E-state index is 13.2. The summed E-state index contributed by atoms with van der Waals surface area (Å²) in [7, 11) is -4.53. The fourth-order valence-corrected chi connectivity index (χ4v) is 3.38. The second-order valence-corrected chi connectivity index (χ2v) is 6.99. The third kappa shape index (κ3) is 3.48. The van der Waals surface area contributed by atoms with Crippen molar-refractivity contribution >= 4 is 44.9 Å². The van der Waals surface area contributed by atoms with E-state index in [0.717, 1.165) is 12.1 Å². The summed E-state index contributed by atoms with van der Waals surface area (Å²) in [6, 6.07) is 3.04. The van der Waals surface area contributed by atoms with Crippen molar-refractivity contribution in [2.45, 2.75) is 4.90 Å². The van der Waals surface area contributed by atoms with E-state index in [0.29, 0.717) is 12.1 Å². The number of aromatic hydroxyl groups is 2. The molecule has 0 saturated heterocycles. The Balaban J connectivity index is 2.55. The number of nitrogens with one attached hydrogen (secondary N) is 1. The first-order chi connectivity index (χ1) is 11.0. The highest BCUT2D eigenvalue weighted by Gasteiger charge is 2.24. The number of carboxylic acids is 1. The second kappa shape index (κ2) is 6.34. The molecular formula is C13H8Cl2FNO6S. The number of halogens is 3. The fraction of sp³-hybridized carbons (Fsp3) is 0. The van der Waals surface area contributed by atoms with Crippen LogP contribution in [-0.4, -0.2) is 29.7 Å². The highest BCUT2D eigenvalue weighted by Crippen LogP contribution is 2.35. The van der Waals surface area contributed by atoms with Gasteiger partial charge in [0, 0.05) is 11.1 Å². The number of anilines is 1. The molecule has 4 N–H and O–H groups in total. The summed E-state index contributed by atoms with van der Waals surface area (Å²) in [4.78, 5) is 10.2. The Bertz CT molecular complexity index is 948. The number of hydrogen-bond acceptors (Lipinski definition) is 5. The Kier molecular flexibility index (Phi) is 4.79. The number of aromatic carboxylic acids is 1. The maximum absolute atomic E-state index is 13.2. The molecule has 0 unspecified atom stereocenters. The summed E-state index contributed by atoms with van der Waals surface area (Å²) < 4.78 is 39.6. The quantitative estimate of drug-likeness (QED) is 0.589. The lowest BCUT2D eigenvalue weighted by Gasteiger charge is -2.13. The molecule has 7 nitrogen and oxygen atoms in total. The first-order valence-corrected chi connectivity index (χ1v) is 8.23. The SMILES string of the molecule is O=C(O)c1cc(Cl)cc(NS(=O)(=O)c2cc(Cl)c(F)cc2O)c1O. The average Bonchev–Trinajstić information content (AvgIpc) is 2.45. The first-order valence-electron chi connectivity index (χ1n) is 5.99. The van der Waals surface area contributed by atoms with E-state index in [1.807, 2.05) is 4.72 Å². The average molecular weight is 396 g/mol. The molecule has 0 bridgehead atoms. The van der Waals surface area contributed by atoms with E-state index in [2.05, 4.69) is 0 Å². The molecule has 0 heterocycles. The van der Waals surface area contributed by atoms with Crippen LogP contribution in [0.2, 0.25) is 10.0 Å². The van der Waals surface area contributed by atoms with E-state index >= 15 is 0 Å². The molecule has 0 aliphatic carbocycles. The zero-order valence-corrected chi connectivity index (χ0v) is 13.7. The van der Waals surface area contributed by atoms with Gasteiger partial charge in [0.1, 0.15) is 22.0 Å². The molecule has 2 aromatic carbocycles. The Morgan fingerprint density at radius 1 is 1.12 bits per heavy atom. The van der Waals surface area contributed by atoms with Gasteiger partial charge in [-0.3, -0.25) is 4.72 Å². The van der Waals surface area contributed by atoms with Crippen LogP contribution >= 0.6 is 23.2 Å². The summed E-state index contributed by atoms with van der Waals surface area (Å²) in [5, 5.41) is 27.7. The van der Waals surface area contributed by atoms with Crippen LogP contribution in [0.5, 0.6) is 11.5 Å². The highest BCUT2D eigenvalue weighted by atomic mass is 35.5. The van der Waals surface area contributed by atoms with Crippen LogP contribution in [0.3, 0.4) is 0 Å². The van der Waals surface area contributed by atoms with Gasteiger partial charge in [-0.15, -0.1) is 0 Å². The topological polar surface area (TPSA) is 124 Å². The molecular weight excluding hydrogens is 388 g/mol. The summed E-state index contributed by atoms with van der Waals surface area (Å²) in [6.07, 6.45) is 0. The molecule has 2 aromatic rings.